The van der Waals surface area contributed by atoms with E-state index in [1.54, 1.807) is 0 Å². The molecule has 1 saturated heterocycles. The average molecular weight is 345 g/mol. The van der Waals surface area contributed by atoms with Crippen LogP contribution >= 0.6 is 11.6 Å². The Balaban J connectivity index is 1.54. The Kier molecular flexibility index (Phi) is 6.13. The first-order valence-corrected chi connectivity index (χ1v) is 9.01. The van der Waals surface area contributed by atoms with Crippen molar-refractivity contribution in [2.45, 2.75) is 25.9 Å². The Morgan fingerprint density at radius 1 is 1.04 bits per heavy atom. The molecule has 0 aliphatic carbocycles. The third kappa shape index (κ3) is 4.97. The summed E-state index contributed by atoms with van der Waals surface area (Å²) in [5.74, 6) is 0.493. The Bertz CT molecular complexity index is 654. The second-order valence-electron chi connectivity index (χ2n) is 6.59. The molecular weight excluding hydrogens is 320 g/mol. The molecule has 0 radical (unpaired) electrons. The van der Waals surface area contributed by atoms with Gasteiger partial charge in [0.25, 0.3) is 0 Å². The number of aliphatic hydroxyl groups is 1. The molecule has 2 aromatic rings. The third-order valence-electron chi connectivity index (χ3n) is 4.68. The van der Waals surface area contributed by atoms with Crippen molar-refractivity contribution in [3.05, 3.63) is 64.7 Å². The van der Waals surface area contributed by atoms with E-state index in [1.807, 2.05) is 18.2 Å². The third-order valence-corrected chi connectivity index (χ3v) is 4.92. The molecule has 0 aromatic heterocycles. The number of anilines is 1. The largest absolute Gasteiger partial charge is 0.396 e. The van der Waals surface area contributed by atoms with E-state index < -0.39 is 0 Å². The number of piperidine rings is 1. The average Bonchev–Trinajstić information content (AvgIpc) is 2.61. The van der Waals surface area contributed by atoms with E-state index >= 15 is 0 Å². The van der Waals surface area contributed by atoms with Crippen molar-refractivity contribution < 1.29 is 5.11 Å². The normalized spacial score (nSPS) is 16.2. The van der Waals surface area contributed by atoms with Gasteiger partial charge in [0.2, 0.25) is 0 Å². The van der Waals surface area contributed by atoms with Gasteiger partial charge in [0, 0.05) is 30.4 Å². The van der Waals surface area contributed by atoms with Crippen LogP contribution in [0.2, 0.25) is 5.02 Å². The van der Waals surface area contributed by atoms with Crippen molar-refractivity contribution in [1.82, 2.24) is 4.90 Å². The lowest BCUT2D eigenvalue weighted by Crippen LogP contribution is -2.34. The smallest absolute Gasteiger partial charge is 0.0460 e. The molecule has 24 heavy (non-hydrogen) atoms. The summed E-state index contributed by atoms with van der Waals surface area (Å²) in [5, 5.41) is 13.5. The van der Waals surface area contributed by atoms with Crippen LogP contribution in [0, 0.1) is 5.92 Å². The molecule has 1 aliphatic heterocycles. The lowest BCUT2D eigenvalue weighted by atomic mass is 9.97. The number of hydrogen-bond donors (Lipinski definition) is 2. The van der Waals surface area contributed by atoms with E-state index in [4.69, 9.17) is 11.6 Å². The molecule has 3 rings (SSSR count). The molecule has 0 unspecified atom stereocenters. The molecule has 4 heteroatoms. The highest BCUT2D eigenvalue weighted by atomic mass is 35.5. The Hall–Kier alpha value is -1.55. The van der Waals surface area contributed by atoms with Gasteiger partial charge in [0.1, 0.15) is 0 Å². The molecule has 3 nitrogen and oxygen atoms in total. The predicted octanol–water partition coefficient (Wildman–Crippen LogP) is 4.16. The van der Waals surface area contributed by atoms with Crippen molar-refractivity contribution in [3.63, 3.8) is 0 Å². The summed E-state index contributed by atoms with van der Waals surface area (Å²) in [4.78, 5) is 2.47. The number of halogens is 1. The lowest BCUT2D eigenvalue weighted by molar-refractivity contribution is 0.127. The van der Waals surface area contributed by atoms with E-state index in [0.29, 0.717) is 12.5 Å². The van der Waals surface area contributed by atoms with Crippen LogP contribution in [-0.2, 0) is 13.1 Å². The second kappa shape index (κ2) is 8.52. The number of nitrogens with zero attached hydrogens (tertiary/aromatic N) is 1. The first-order valence-electron chi connectivity index (χ1n) is 8.63. The minimum Gasteiger partial charge on any atom is -0.396 e. The van der Waals surface area contributed by atoms with Crippen LogP contribution in [0.1, 0.15) is 24.0 Å². The zero-order valence-electron chi connectivity index (χ0n) is 13.9. The number of rotatable bonds is 6. The number of hydrogen-bond acceptors (Lipinski definition) is 3. The molecule has 1 fully saturated rings. The summed E-state index contributed by atoms with van der Waals surface area (Å²) in [7, 11) is 0. The molecule has 1 heterocycles. The molecule has 0 spiro atoms. The summed E-state index contributed by atoms with van der Waals surface area (Å²) < 4.78 is 0. The van der Waals surface area contributed by atoms with E-state index in [0.717, 1.165) is 49.7 Å². The zero-order chi connectivity index (χ0) is 16.8. The predicted molar refractivity (Wildman–Crippen MR) is 100 cm³/mol. The van der Waals surface area contributed by atoms with Crippen molar-refractivity contribution in [2.24, 2.45) is 5.92 Å². The monoisotopic (exact) mass is 344 g/mol. The van der Waals surface area contributed by atoms with Gasteiger partial charge in [-0.3, -0.25) is 4.90 Å². The highest BCUT2D eigenvalue weighted by Gasteiger charge is 2.18. The minimum absolute atomic E-state index is 0.330. The summed E-state index contributed by atoms with van der Waals surface area (Å²) in [6.45, 7) is 4.23. The highest BCUT2D eigenvalue weighted by molar-refractivity contribution is 6.30. The fraction of sp³-hybridized carbons (Fsp3) is 0.400. The van der Waals surface area contributed by atoms with E-state index in [1.165, 1.54) is 11.1 Å². The molecule has 1 aliphatic rings. The number of nitrogens with one attached hydrogen (secondary N) is 1. The molecule has 2 aromatic carbocycles. The van der Waals surface area contributed by atoms with Crippen LogP contribution < -0.4 is 5.32 Å². The van der Waals surface area contributed by atoms with Crippen LogP contribution in [0.5, 0.6) is 0 Å². The first-order chi connectivity index (χ1) is 11.7. The maximum atomic E-state index is 9.24. The lowest BCUT2D eigenvalue weighted by Gasteiger charge is -2.31. The van der Waals surface area contributed by atoms with Gasteiger partial charge in [-0.15, -0.1) is 0 Å². The number of benzene rings is 2. The first kappa shape index (κ1) is 17.3. The van der Waals surface area contributed by atoms with Gasteiger partial charge in [0.15, 0.2) is 0 Å². The van der Waals surface area contributed by atoms with Crippen LogP contribution in [-0.4, -0.2) is 29.7 Å². The van der Waals surface area contributed by atoms with Crippen LogP contribution in [0.15, 0.2) is 48.5 Å². The molecule has 128 valence electrons. The van der Waals surface area contributed by atoms with Gasteiger partial charge < -0.3 is 10.4 Å². The maximum absolute atomic E-state index is 9.24. The molecule has 0 atom stereocenters. The van der Waals surface area contributed by atoms with Crippen molar-refractivity contribution in [1.29, 1.82) is 0 Å². The van der Waals surface area contributed by atoms with Crippen LogP contribution in [0.4, 0.5) is 5.69 Å². The van der Waals surface area contributed by atoms with Gasteiger partial charge in [-0.25, -0.2) is 0 Å². The molecule has 0 saturated carbocycles. The molecule has 0 amide bonds. The summed E-state index contributed by atoms with van der Waals surface area (Å²) in [6.07, 6.45) is 2.20. The van der Waals surface area contributed by atoms with Crippen LogP contribution in [0.3, 0.4) is 0 Å². The summed E-state index contributed by atoms with van der Waals surface area (Å²) in [6, 6.07) is 16.6. The molecular formula is C20H25ClN2O. The fourth-order valence-electron chi connectivity index (χ4n) is 3.22. The highest BCUT2D eigenvalue weighted by Crippen LogP contribution is 2.20. The Morgan fingerprint density at radius 3 is 2.54 bits per heavy atom. The second-order valence-corrected chi connectivity index (χ2v) is 7.02. The van der Waals surface area contributed by atoms with Gasteiger partial charge >= 0.3 is 0 Å². The SMILES string of the molecule is OCC1CCN(Cc2cccc(NCc3cccc(Cl)c3)c2)CC1. The standard InChI is InChI=1S/C20H25ClN2O/c21-19-5-1-3-17(11-19)13-22-20-6-2-4-18(12-20)14-23-9-7-16(15-24)8-10-23/h1-6,11-12,16,22,24H,7-10,13-15H2. The molecule has 0 bridgehead atoms. The van der Waals surface area contributed by atoms with E-state index in [2.05, 4.69) is 40.5 Å². The molecule has 2 N–H and O–H groups in total. The number of likely N-dealkylation sites (tertiary alicyclic amines) is 1. The van der Waals surface area contributed by atoms with Crippen molar-refractivity contribution in [2.75, 3.05) is 25.0 Å². The minimum atomic E-state index is 0.330. The van der Waals surface area contributed by atoms with Gasteiger partial charge in [0.05, 0.1) is 0 Å². The quantitative estimate of drug-likeness (QED) is 0.826. The van der Waals surface area contributed by atoms with Crippen molar-refractivity contribution >= 4 is 17.3 Å². The van der Waals surface area contributed by atoms with Gasteiger partial charge in [-0.1, -0.05) is 35.9 Å². The van der Waals surface area contributed by atoms with E-state index in [9.17, 15) is 5.11 Å². The zero-order valence-corrected chi connectivity index (χ0v) is 14.7. The summed E-state index contributed by atoms with van der Waals surface area (Å²) >= 11 is 6.03. The Morgan fingerprint density at radius 2 is 1.79 bits per heavy atom. The van der Waals surface area contributed by atoms with Crippen molar-refractivity contribution in [3.8, 4) is 0 Å². The van der Waals surface area contributed by atoms with E-state index in [-0.39, 0.29) is 0 Å². The van der Waals surface area contributed by atoms with Gasteiger partial charge in [-0.2, -0.15) is 0 Å². The number of aliphatic hydroxyl groups excluding tert-OH is 1. The fourth-order valence-corrected chi connectivity index (χ4v) is 3.43. The Labute approximate surface area is 149 Å². The van der Waals surface area contributed by atoms with Crippen LogP contribution in [0.25, 0.3) is 0 Å². The van der Waals surface area contributed by atoms with Gasteiger partial charge in [-0.05, 0) is 67.2 Å². The summed E-state index contributed by atoms with van der Waals surface area (Å²) in [5.41, 5.74) is 3.64. The maximum Gasteiger partial charge on any atom is 0.0460 e. The topological polar surface area (TPSA) is 35.5 Å².